The van der Waals surface area contributed by atoms with E-state index in [9.17, 15) is 4.79 Å². The lowest BCUT2D eigenvalue weighted by Crippen LogP contribution is -2.35. The molecule has 0 aliphatic carbocycles. The molecule has 0 bridgehead atoms. The van der Waals surface area contributed by atoms with Gasteiger partial charge in [0.25, 0.3) is 0 Å². The molecule has 2 rings (SSSR count). The fourth-order valence-electron chi connectivity index (χ4n) is 1.29. The van der Waals surface area contributed by atoms with Gasteiger partial charge in [-0.1, -0.05) is 30.0 Å². The van der Waals surface area contributed by atoms with E-state index in [1.165, 1.54) is 11.8 Å². The van der Waals surface area contributed by atoms with Gasteiger partial charge in [0.15, 0.2) is 0 Å². The molecule has 14 heavy (non-hydrogen) atoms. The molecule has 0 aromatic carbocycles. The summed E-state index contributed by atoms with van der Waals surface area (Å²) in [5.41, 5.74) is 0. The Morgan fingerprint density at radius 3 is 3.00 bits per heavy atom. The Bertz CT molecular complexity index is 363. The zero-order chi connectivity index (χ0) is 10.1. The normalized spacial score (nSPS) is 26.1. The molecule has 1 aliphatic rings. The van der Waals surface area contributed by atoms with Crippen molar-refractivity contribution in [1.29, 1.82) is 0 Å². The van der Waals surface area contributed by atoms with Crippen molar-refractivity contribution in [1.82, 2.24) is 5.32 Å². The summed E-state index contributed by atoms with van der Waals surface area (Å²) in [6.45, 7) is 0. The number of hydrogen-bond acceptors (Lipinski definition) is 4. The van der Waals surface area contributed by atoms with Gasteiger partial charge < -0.3 is 10.4 Å². The van der Waals surface area contributed by atoms with Crippen LogP contribution < -0.4 is 5.32 Å². The van der Waals surface area contributed by atoms with E-state index >= 15 is 0 Å². The second-order valence-electron chi connectivity index (χ2n) is 2.80. The van der Waals surface area contributed by atoms with Crippen molar-refractivity contribution in [3.63, 3.8) is 0 Å². The van der Waals surface area contributed by atoms with Gasteiger partial charge in [0, 0.05) is 4.88 Å². The maximum Gasteiger partial charge on any atom is 0.327 e. The van der Waals surface area contributed by atoms with E-state index in [0.29, 0.717) is 4.32 Å². The highest BCUT2D eigenvalue weighted by molar-refractivity contribution is 8.23. The lowest BCUT2D eigenvalue weighted by Gasteiger charge is -2.11. The Morgan fingerprint density at radius 1 is 1.64 bits per heavy atom. The van der Waals surface area contributed by atoms with Crippen LogP contribution in [-0.4, -0.2) is 21.4 Å². The molecule has 74 valence electrons. The van der Waals surface area contributed by atoms with Gasteiger partial charge in [-0.15, -0.1) is 11.3 Å². The number of carbonyl (C=O) groups is 1. The average Bonchev–Trinajstić information content (AvgIpc) is 2.70. The quantitative estimate of drug-likeness (QED) is 0.779. The summed E-state index contributed by atoms with van der Waals surface area (Å²) >= 11 is 7.93. The van der Waals surface area contributed by atoms with Gasteiger partial charge in [-0.3, -0.25) is 0 Å². The summed E-state index contributed by atoms with van der Waals surface area (Å²) in [5.74, 6) is -0.851. The van der Waals surface area contributed by atoms with E-state index in [4.69, 9.17) is 17.3 Å². The van der Waals surface area contributed by atoms with Crippen LogP contribution in [0, 0.1) is 0 Å². The fraction of sp³-hybridized carbons (Fsp3) is 0.250. The van der Waals surface area contributed by atoms with Crippen LogP contribution in [0.25, 0.3) is 0 Å². The number of carboxylic acids is 1. The molecule has 2 N–H and O–H groups in total. The summed E-state index contributed by atoms with van der Waals surface area (Å²) in [6.07, 6.45) is 0. The van der Waals surface area contributed by atoms with Gasteiger partial charge in [0.05, 0.1) is 5.25 Å². The second-order valence-corrected chi connectivity index (χ2v) is 5.60. The maximum atomic E-state index is 10.9. The third kappa shape index (κ3) is 1.77. The van der Waals surface area contributed by atoms with E-state index in [-0.39, 0.29) is 5.25 Å². The Kier molecular flexibility index (Phi) is 2.76. The summed E-state index contributed by atoms with van der Waals surface area (Å²) in [4.78, 5) is 12.0. The first kappa shape index (κ1) is 9.95. The van der Waals surface area contributed by atoms with E-state index in [0.717, 1.165) is 4.88 Å². The van der Waals surface area contributed by atoms with E-state index in [1.807, 2.05) is 17.5 Å². The maximum absolute atomic E-state index is 10.9. The Hall–Kier alpha value is -0.590. The highest BCUT2D eigenvalue weighted by Gasteiger charge is 2.37. The van der Waals surface area contributed by atoms with Gasteiger partial charge in [0.1, 0.15) is 10.4 Å². The molecule has 1 aromatic rings. The molecule has 1 saturated heterocycles. The van der Waals surface area contributed by atoms with Crippen LogP contribution in [0.3, 0.4) is 0 Å². The first-order valence-electron chi connectivity index (χ1n) is 3.92. The number of thioether (sulfide) groups is 1. The summed E-state index contributed by atoms with van der Waals surface area (Å²) in [5, 5.41) is 13.6. The summed E-state index contributed by atoms with van der Waals surface area (Å²) in [6, 6.07) is 3.26. The summed E-state index contributed by atoms with van der Waals surface area (Å²) < 4.78 is 0.566. The van der Waals surface area contributed by atoms with Crippen molar-refractivity contribution in [2.45, 2.75) is 11.3 Å². The molecule has 1 aliphatic heterocycles. The van der Waals surface area contributed by atoms with E-state index in [2.05, 4.69) is 5.32 Å². The van der Waals surface area contributed by atoms with E-state index in [1.54, 1.807) is 11.3 Å². The number of aliphatic carboxylic acids is 1. The predicted molar refractivity (Wildman–Crippen MR) is 61.8 cm³/mol. The molecule has 2 unspecified atom stereocenters. The number of rotatable bonds is 2. The molecule has 2 heterocycles. The van der Waals surface area contributed by atoms with Crippen LogP contribution in [-0.2, 0) is 4.79 Å². The van der Waals surface area contributed by atoms with Gasteiger partial charge in [-0.2, -0.15) is 0 Å². The number of nitrogens with one attached hydrogen (secondary N) is 1. The molecular weight excluding hydrogens is 238 g/mol. The predicted octanol–water partition coefficient (Wildman–Crippen LogP) is 1.86. The zero-order valence-corrected chi connectivity index (χ0v) is 9.42. The second kappa shape index (κ2) is 3.88. The lowest BCUT2D eigenvalue weighted by molar-refractivity contribution is -0.138. The molecule has 1 fully saturated rings. The van der Waals surface area contributed by atoms with Gasteiger partial charge >= 0.3 is 5.97 Å². The Labute approximate surface area is 94.5 Å². The molecule has 0 radical (unpaired) electrons. The number of hydrogen-bond donors (Lipinski definition) is 2. The van der Waals surface area contributed by atoms with Crippen LogP contribution in [0.1, 0.15) is 10.1 Å². The van der Waals surface area contributed by atoms with Crippen molar-refractivity contribution in [2.75, 3.05) is 0 Å². The van der Waals surface area contributed by atoms with Gasteiger partial charge in [0.2, 0.25) is 0 Å². The van der Waals surface area contributed by atoms with Crippen LogP contribution in [0.2, 0.25) is 0 Å². The molecule has 2 atom stereocenters. The minimum Gasteiger partial charge on any atom is -0.480 e. The average molecular weight is 245 g/mol. The molecule has 1 aromatic heterocycles. The van der Waals surface area contributed by atoms with Gasteiger partial charge in [-0.25, -0.2) is 4.79 Å². The third-order valence-corrected chi connectivity index (χ3v) is 4.52. The summed E-state index contributed by atoms with van der Waals surface area (Å²) in [7, 11) is 0. The minimum atomic E-state index is -0.851. The van der Waals surface area contributed by atoms with Crippen molar-refractivity contribution in [3.05, 3.63) is 22.4 Å². The molecular formula is C8H7NO2S3. The van der Waals surface area contributed by atoms with Crippen LogP contribution in [0.15, 0.2) is 17.5 Å². The minimum absolute atomic E-state index is 0.0833. The highest BCUT2D eigenvalue weighted by Crippen LogP contribution is 2.39. The van der Waals surface area contributed by atoms with Crippen molar-refractivity contribution in [2.24, 2.45) is 0 Å². The van der Waals surface area contributed by atoms with Crippen LogP contribution in [0.4, 0.5) is 0 Å². The standard InChI is InChI=1S/C8H7NO2S3/c10-7(11)5-6(14-8(12)9-5)4-2-1-3-13-4/h1-3,5-6H,(H,9,12)(H,10,11). The molecule has 0 spiro atoms. The van der Waals surface area contributed by atoms with E-state index < -0.39 is 12.0 Å². The fourth-order valence-corrected chi connectivity index (χ4v) is 3.72. The smallest absolute Gasteiger partial charge is 0.327 e. The number of thiocarbonyl (C=S) groups is 1. The topological polar surface area (TPSA) is 49.3 Å². The zero-order valence-electron chi connectivity index (χ0n) is 6.97. The molecule has 0 amide bonds. The Morgan fingerprint density at radius 2 is 2.43 bits per heavy atom. The third-order valence-electron chi connectivity index (χ3n) is 1.90. The largest absolute Gasteiger partial charge is 0.480 e. The van der Waals surface area contributed by atoms with Gasteiger partial charge in [-0.05, 0) is 11.4 Å². The van der Waals surface area contributed by atoms with Crippen LogP contribution in [0.5, 0.6) is 0 Å². The lowest BCUT2D eigenvalue weighted by atomic mass is 10.2. The first-order chi connectivity index (χ1) is 6.68. The Balaban J connectivity index is 2.26. The van der Waals surface area contributed by atoms with Crippen molar-refractivity contribution < 1.29 is 9.90 Å². The monoisotopic (exact) mass is 245 g/mol. The highest BCUT2D eigenvalue weighted by atomic mass is 32.2. The first-order valence-corrected chi connectivity index (χ1v) is 6.08. The number of thiophene rings is 1. The van der Waals surface area contributed by atoms with Crippen LogP contribution >= 0.6 is 35.3 Å². The molecule has 0 saturated carbocycles. The van der Waals surface area contributed by atoms with Crippen molar-refractivity contribution >= 4 is 45.6 Å². The SMILES string of the molecule is O=C(O)C1NC(=S)SC1c1cccs1. The molecule has 6 heteroatoms. The van der Waals surface area contributed by atoms with Crippen molar-refractivity contribution in [3.8, 4) is 0 Å². The number of carboxylic acid groups (broad SMARTS) is 1. The molecule has 3 nitrogen and oxygen atoms in total.